The zero-order valence-electron chi connectivity index (χ0n) is 16.3. The molecule has 1 aliphatic rings. The summed E-state index contributed by atoms with van der Waals surface area (Å²) in [5.41, 5.74) is 3.46. The smallest absolute Gasteiger partial charge is 0.240 e. The van der Waals surface area contributed by atoms with Gasteiger partial charge in [0.1, 0.15) is 5.82 Å². The lowest BCUT2D eigenvalue weighted by Crippen LogP contribution is -2.51. The normalized spacial score (nSPS) is 17.8. The molecule has 146 valence electrons. The van der Waals surface area contributed by atoms with Crippen LogP contribution in [0.4, 0.5) is 10.1 Å². The first-order valence-electron chi connectivity index (χ1n) is 9.69. The third-order valence-electron chi connectivity index (χ3n) is 5.32. The Morgan fingerprint density at radius 1 is 1.14 bits per heavy atom. The van der Waals surface area contributed by atoms with E-state index in [1.54, 1.807) is 6.07 Å². The molecule has 28 heavy (non-hydrogen) atoms. The van der Waals surface area contributed by atoms with Crippen LogP contribution in [-0.2, 0) is 13.0 Å². The van der Waals surface area contributed by atoms with E-state index in [4.69, 9.17) is 4.52 Å². The number of hydrogen-bond donors (Lipinski definition) is 0. The maximum atomic E-state index is 13.3. The first kappa shape index (κ1) is 18.6. The van der Waals surface area contributed by atoms with E-state index in [-0.39, 0.29) is 5.82 Å². The Kier molecular flexibility index (Phi) is 5.39. The van der Waals surface area contributed by atoms with Gasteiger partial charge in [0.05, 0.1) is 6.54 Å². The minimum absolute atomic E-state index is 0.249. The predicted molar refractivity (Wildman–Crippen MR) is 107 cm³/mol. The van der Waals surface area contributed by atoms with Crippen molar-refractivity contribution in [3.63, 3.8) is 0 Å². The Morgan fingerprint density at radius 2 is 2.00 bits per heavy atom. The van der Waals surface area contributed by atoms with Crippen molar-refractivity contribution in [2.45, 2.75) is 32.9 Å². The Morgan fingerprint density at radius 3 is 2.79 bits per heavy atom. The lowest BCUT2D eigenvalue weighted by atomic mass is 10.1. The minimum Gasteiger partial charge on any atom is -0.368 e. The number of halogens is 1. The average Bonchev–Trinajstić information content (AvgIpc) is 3.11. The van der Waals surface area contributed by atoms with Crippen LogP contribution in [0.1, 0.15) is 29.8 Å². The lowest BCUT2D eigenvalue weighted by molar-refractivity contribution is 0.159. The predicted octanol–water partition coefficient (Wildman–Crippen LogP) is 3.82. The fourth-order valence-corrected chi connectivity index (χ4v) is 3.80. The number of piperazine rings is 1. The van der Waals surface area contributed by atoms with E-state index in [9.17, 15) is 4.39 Å². The second-order valence-electron chi connectivity index (χ2n) is 7.46. The van der Waals surface area contributed by atoms with Gasteiger partial charge < -0.3 is 9.42 Å². The highest BCUT2D eigenvalue weighted by molar-refractivity contribution is 5.53. The molecule has 1 fully saturated rings. The number of benzene rings is 2. The zero-order chi connectivity index (χ0) is 19.5. The van der Waals surface area contributed by atoms with Crippen LogP contribution in [-0.4, -0.2) is 40.7 Å². The fraction of sp³-hybridized carbons (Fsp3) is 0.364. The van der Waals surface area contributed by atoms with E-state index >= 15 is 0 Å². The maximum absolute atomic E-state index is 13.3. The van der Waals surface area contributed by atoms with Crippen LogP contribution < -0.4 is 4.90 Å². The van der Waals surface area contributed by atoms with E-state index in [0.717, 1.165) is 25.2 Å². The van der Waals surface area contributed by atoms with Crippen LogP contribution in [0.5, 0.6) is 0 Å². The molecule has 0 aliphatic carbocycles. The quantitative estimate of drug-likeness (QED) is 0.673. The molecule has 0 amide bonds. The molecule has 2 heterocycles. The summed E-state index contributed by atoms with van der Waals surface area (Å²) in [7, 11) is 0. The van der Waals surface area contributed by atoms with E-state index in [1.807, 2.05) is 6.07 Å². The van der Waals surface area contributed by atoms with Crippen molar-refractivity contribution in [2.75, 3.05) is 24.5 Å². The summed E-state index contributed by atoms with van der Waals surface area (Å²) < 4.78 is 18.8. The van der Waals surface area contributed by atoms with Gasteiger partial charge in [-0.1, -0.05) is 35.5 Å². The number of hydrogen-bond acceptors (Lipinski definition) is 5. The lowest BCUT2D eigenvalue weighted by Gasteiger charge is -2.40. The average molecular weight is 380 g/mol. The molecule has 1 saturated heterocycles. The third-order valence-corrected chi connectivity index (χ3v) is 5.32. The highest BCUT2D eigenvalue weighted by Gasteiger charge is 2.26. The summed E-state index contributed by atoms with van der Waals surface area (Å²) in [6.45, 7) is 7.91. The van der Waals surface area contributed by atoms with Gasteiger partial charge in [-0.3, -0.25) is 4.90 Å². The van der Waals surface area contributed by atoms with E-state index in [1.165, 1.54) is 23.4 Å². The number of para-hydroxylation sites is 1. The molecule has 0 saturated carbocycles. The first-order chi connectivity index (χ1) is 13.6. The molecule has 0 bridgehead atoms. The molecule has 6 heteroatoms. The Labute approximate surface area is 164 Å². The summed E-state index contributed by atoms with van der Waals surface area (Å²) in [6.07, 6.45) is 0.470. The molecule has 1 atom stereocenters. The van der Waals surface area contributed by atoms with Gasteiger partial charge in [-0.2, -0.15) is 4.98 Å². The number of rotatable bonds is 5. The summed E-state index contributed by atoms with van der Waals surface area (Å²) in [5.74, 6) is 0.955. The number of anilines is 1. The first-order valence-corrected chi connectivity index (χ1v) is 9.69. The molecule has 3 aromatic rings. The SMILES string of the molecule is Cc1ccccc1N1CCN(Cc2nc(Cc3cccc(F)c3)no2)[C@H](C)C1. The third kappa shape index (κ3) is 4.22. The Bertz CT molecular complexity index is 942. The van der Waals surface area contributed by atoms with E-state index < -0.39 is 0 Å². The van der Waals surface area contributed by atoms with Crippen molar-refractivity contribution in [1.82, 2.24) is 15.0 Å². The molecule has 0 radical (unpaired) electrons. The Hall–Kier alpha value is -2.73. The summed E-state index contributed by atoms with van der Waals surface area (Å²) >= 11 is 0. The van der Waals surface area contributed by atoms with Crippen LogP contribution in [0.25, 0.3) is 0 Å². The van der Waals surface area contributed by atoms with Crippen LogP contribution >= 0.6 is 0 Å². The van der Waals surface area contributed by atoms with Crippen LogP contribution in [0.3, 0.4) is 0 Å². The van der Waals surface area contributed by atoms with Gasteiger partial charge in [0, 0.05) is 37.8 Å². The molecule has 1 aliphatic heterocycles. The van der Waals surface area contributed by atoms with E-state index in [0.29, 0.717) is 30.7 Å². The second kappa shape index (κ2) is 8.10. The maximum Gasteiger partial charge on any atom is 0.240 e. The molecule has 5 nitrogen and oxygen atoms in total. The Balaban J connectivity index is 1.36. The van der Waals surface area contributed by atoms with Gasteiger partial charge in [0.15, 0.2) is 5.82 Å². The number of nitrogens with zero attached hydrogens (tertiary/aromatic N) is 4. The molecular formula is C22H25FN4O. The van der Waals surface area contributed by atoms with Gasteiger partial charge in [-0.25, -0.2) is 4.39 Å². The molecule has 4 rings (SSSR count). The molecule has 0 N–H and O–H groups in total. The van der Waals surface area contributed by atoms with Gasteiger partial charge in [-0.05, 0) is 43.2 Å². The highest BCUT2D eigenvalue weighted by Crippen LogP contribution is 2.23. The summed E-state index contributed by atoms with van der Waals surface area (Å²) in [5, 5.41) is 4.06. The number of aromatic nitrogens is 2. The molecule has 0 unspecified atom stereocenters. The topological polar surface area (TPSA) is 45.4 Å². The molecular weight excluding hydrogens is 355 g/mol. The van der Waals surface area contributed by atoms with Gasteiger partial charge >= 0.3 is 0 Å². The minimum atomic E-state index is -0.249. The van der Waals surface area contributed by atoms with Gasteiger partial charge in [-0.15, -0.1) is 0 Å². The van der Waals surface area contributed by atoms with Crippen LogP contribution in [0, 0.1) is 12.7 Å². The van der Waals surface area contributed by atoms with Crippen LogP contribution in [0.15, 0.2) is 53.1 Å². The van der Waals surface area contributed by atoms with Crippen molar-refractivity contribution in [3.8, 4) is 0 Å². The van der Waals surface area contributed by atoms with Crippen molar-refractivity contribution >= 4 is 5.69 Å². The van der Waals surface area contributed by atoms with Crippen molar-refractivity contribution in [2.24, 2.45) is 0 Å². The molecule has 1 aromatic heterocycles. The van der Waals surface area contributed by atoms with Crippen LogP contribution in [0.2, 0.25) is 0 Å². The van der Waals surface area contributed by atoms with Crippen molar-refractivity contribution < 1.29 is 8.91 Å². The van der Waals surface area contributed by atoms with Gasteiger partial charge in [0.2, 0.25) is 5.89 Å². The summed E-state index contributed by atoms with van der Waals surface area (Å²) in [4.78, 5) is 9.31. The zero-order valence-corrected chi connectivity index (χ0v) is 16.3. The number of aryl methyl sites for hydroxylation is 1. The summed E-state index contributed by atoms with van der Waals surface area (Å²) in [6, 6.07) is 15.4. The van der Waals surface area contributed by atoms with Gasteiger partial charge in [0.25, 0.3) is 0 Å². The van der Waals surface area contributed by atoms with E-state index in [2.05, 4.69) is 58.1 Å². The molecule has 2 aromatic carbocycles. The standard InChI is InChI=1S/C22H25FN4O/c1-16-6-3-4-9-20(16)27-11-10-26(17(2)14-27)15-22-24-21(25-28-22)13-18-7-5-8-19(23)12-18/h3-9,12,17H,10-11,13-15H2,1-2H3/t17-/m1/s1. The van der Waals surface area contributed by atoms with Crippen molar-refractivity contribution in [3.05, 3.63) is 77.2 Å². The molecule has 0 spiro atoms. The second-order valence-corrected chi connectivity index (χ2v) is 7.46. The van der Waals surface area contributed by atoms with Crippen molar-refractivity contribution in [1.29, 1.82) is 0 Å². The highest BCUT2D eigenvalue weighted by atomic mass is 19.1. The monoisotopic (exact) mass is 380 g/mol. The largest absolute Gasteiger partial charge is 0.368 e. The fourth-order valence-electron chi connectivity index (χ4n) is 3.80.